The Morgan fingerprint density at radius 1 is 1.31 bits per heavy atom. The van der Waals surface area contributed by atoms with Gasteiger partial charge in [-0.15, -0.1) is 18.2 Å². The first-order valence-electron chi connectivity index (χ1n) is 8.96. The highest BCUT2D eigenvalue weighted by molar-refractivity contribution is 7.99. The van der Waals surface area contributed by atoms with E-state index in [2.05, 4.69) is 35.2 Å². The average Bonchev–Trinajstić information content (AvgIpc) is 3.03. The molecule has 0 radical (unpaired) electrons. The Bertz CT molecular complexity index is 1150. The van der Waals surface area contributed by atoms with Crippen LogP contribution in [0.4, 0.5) is 5.69 Å². The predicted molar refractivity (Wildman–Crippen MR) is 117 cm³/mol. The number of hydrogen-bond donors (Lipinski definition) is 0. The number of thiazole rings is 1. The van der Waals surface area contributed by atoms with Crippen molar-refractivity contribution in [3.63, 3.8) is 0 Å². The Kier molecular flexibility index (Phi) is 6.86. The predicted octanol–water partition coefficient (Wildman–Crippen LogP) is 4.55. The van der Waals surface area contributed by atoms with Crippen molar-refractivity contribution >= 4 is 44.9 Å². The van der Waals surface area contributed by atoms with E-state index in [9.17, 15) is 14.9 Å². The standard InChI is InChI=1S/C21H19N3O3S2/c1-3-12-23-18-14-16(24(26)27)8-11-19(18)29-21(23)22-20(25)5-4-13-28-17-9-6-15(2)7-10-17/h1,6-11,14H,4-5,12-13H2,2H3. The van der Waals surface area contributed by atoms with Gasteiger partial charge in [-0.1, -0.05) is 35.0 Å². The number of amides is 1. The first-order chi connectivity index (χ1) is 14.0. The number of thioether (sulfide) groups is 1. The van der Waals surface area contributed by atoms with E-state index in [1.54, 1.807) is 22.4 Å². The minimum atomic E-state index is -0.453. The lowest BCUT2D eigenvalue weighted by molar-refractivity contribution is -0.384. The highest BCUT2D eigenvalue weighted by atomic mass is 32.2. The molecule has 2 aromatic carbocycles. The third-order valence-corrected chi connectivity index (χ3v) is 6.33. The first-order valence-corrected chi connectivity index (χ1v) is 10.8. The van der Waals surface area contributed by atoms with Gasteiger partial charge in [-0.3, -0.25) is 14.9 Å². The van der Waals surface area contributed by atoms with Gasteiger partial charge in [0.15, 0.2) is 4.80 Å². The molecule has 0 aliphatic rings. The van der Waals surface area contributed by atoms with Crippen molar-refractivity contribution in [1.82, 2.24) is 4.57 Å². The van der Waals surface area contributed by atoms with Gasteiger partial charge in [-0.25, -0.2) is 0 Å². The molecular formula is C21H19N3O3S2. The normalized spacial score (nSPS) is 11.5. The van der Waals surface area contributed by atoms with E-state index in [-0.39, 0.29) is 18.1 Å². The number of carbonyl (C=O) groups excluding carboxylic acids is 1. The summed E-state index contributed by atoms with van der Waals surface area (Å²) in [5, 5.41) is 11.0. The van der Waals surface area contributed by atoms with Crippen LogP contribution in [0, 0.1) is 29.4 Å². The van der Waals surface area contributed by atoms with Crippen LogP contribution in [0.2, 0.25) is 0 Å². The SMILES string of the molecule is C#CCn1c(=NC(=O)CCCSc2ccc(C)cc2)sc2ccc([N+](=O)[O-])cc21. The molecule has 3 rings (SSSR count). The van der Waals surface area contributed by atoms with Crippen molar-refractivity contribution in [2.45, 2.75) is 31.2 Å². The molecule has 0 saturated heterocycles. The lowest BCUT2D eigenvalue weighted by Crippen LogP contribution is -2.16. The van der Waals surface area contributed by atoms with Crippen molar-refractivity contribution in [2.24, 2.45) is 4.99 Å². The van der Waals surface area contributed by atoms with Gasteiger partial charge in [0, 0.05) is 23.4 Å². The number of nitro benzene ring substituents is 1. The van der Waals surface area contributed by atoms with Crippen molar-refractivity contribution in [3.05, 3.63) is 62.9 Å². The van der Waals surface area contributed by atoms with E-state index in [1.807, 2.05) is 6.92 Å². The summed E-state index contributed by atoms with van der Waals surface area (Å²) in [6, 6.07) is 12.8. The molecule has 3 aromatic rings. The molecule has 0 bridgehead atoms. The maximum absolute atomic E-state index is 12.3. The highest BCUT2D eigenvalue weighted by Gasteiger charge is 2.12. The van der Waals surface area contributed by atoms with Gasteiger partial charge in [0.1, 0.15) is 0 Å². The number of nitrogens with zero attached hydrogens (tertiary/aromatic N) is 3. The molecule has 0 aliphatic heterocycles. The van der Waals surface area contributed by atoms with Crippen molar-refractivity contribution in [1.29, 1.82) is 0 Å². The number of benzene rings is 2. The number of fused-ring (bicyclic) bond motifs is 1. The van der Waals surface area contributed by atoms with Crippen LogP contribution in [-0.2, 0) is 11.3 Å². The Morgan fingerprint density at radius 3 is 2.76 bits per heavy atom. The fraction of sp³-hybridized carbons (Fsp3) is 0.238. The van der Waals surface area contributed by atoms with Crippen LogP contribution in [0.1, 0.15) is 18.4 Å². The summed E-state index contributed by atoms with van der Waals surface area (Å²) in [5.74, 6) is 3.13. The van der Waals surface area contributed by atoms with E-state index in [0.29, 0.717) is 23.2 Å². The number of hydrogen-bond acceptors (Lipinski definition) is 5. The average molecular weight is 426 g/mol. The van der Waals surface area contributed by atoms with Crippen LogP contribution in [0.5, 0.6) is 0 Å². The van der Waals surface area contributed by atoms with Crippen LogP contribution < -0.4 is 4.80 Å². The second kappa shape index (κ2) is 9.54. The van der Waals surface area contributed by atoms with Crippen LogP contribution in [0.15, 0.2) is 52.4 Å². The highest BCUT2D eigenvalue weighted by Crippen LogP contribution is 2.23. The fourth-order valence-corrected chi connectivity index (χ4v) is 4.59. The molecule has 1 amide bonds. The summed E-state index contributed by atoms with van der Waals surface area (Å²) in [4.78, 5) is 28.8. The zero-order valence-corrected chi connectivity index (χ0v) is 17.5. The fourth-order valence-electron chi connectivity index (χ4n) is 2.71. The van der Waals surface area contributed by atoms with Gasteiger partial charge >= 0.3 is 0 Å². The number of nitro groups is 1. The summed E-state index contributed by atoms with van der Waals surface area (Å²) in [5.41, 5.74) is 1.81. The largest absolute Gasteiger partial charge is 0.304 e. The van der Waals surface area contributed by atoms with Crippen molar-refractivity contribution < 1.29 is 9.72 Å². The number of rotatable bonds is 7. The molecule has 0 saturated carbocycles. The smallest absolute Gasteiger partial charge is 0.271 e. The van der Waals surface area contributed by atoms with E-state index in [0.717, 1.165) is 10.5 Å². The molecule has 1 aromatic heterocycles. The Hall–Kier alpha value is -2.89. The molecule has 0 spiro atoms. The summed E-state index contributed by atoms with van der Waals surface area (Å²) >= 11 is 3.01. The molecule has 148 valence electrons. The van der Waals surface area contributed by atoms with Gasteiger partial charge in [0.05, 0.1) is 21.7 Å². The summed E-state index contributed by atoms with van der Waals surface area (Å²) in [6.45, 7) is 2.24. The van der Waals surface area contributed by atoms with Crippen molar-refractivity contribution in [3.8, 4) is 12.3 Å². The van der Waals surface area contributed by atoms with Crippen molar-refractivity contribution in [2.75, 3.05) is 5.75 Å². The van der Waals surface area contributed by atoms with E-state index < -0.39 is 4.92 Å². The monoisotopic (exact) mass is 425 g/mol. The lowest BCUT2D eigenvalue weighted by Gasteiger charge is -2.01. The molecule has 0 N–H and O–H groups in total. The lowest BCUT2D eigenvalue weighted by atomic mass is 10.2. The summed E-state index contributed by atoms with van der Waals surface area (Å²) < 4.78 is 2.47. The summed E-state index contributed by atoms with van der Waals surface area (Å²) in [7, 11) is 0. The Morgan fingerprint density at radius 2 is 2.07 bits per heavy atom. The Labute approximate surface area is 176 Å². The quantitative estimate of drug-likeness (QED) is 0.183. The molecule has 6 nitrogen and oxygen atoms in total. The second-order valence-corrected chi connectivity index (χ2v) is 8.53. The van der Waals surface area contributed by atoms with Crippen LogP contribution >= 0.6 is 23.1 Å². The van der Waals surface area contributed by atoms with Gasteiger partial charge in [0.25, 0.3) is 5.69 Å². The third kappa shape index (κ3) is 5.34. The third-order valence-electron chi connectivity index (χ3n) is 4.17. The van der Waals surface area contributed by atoms with Crippen LogP contribution in [0.25, 0.3) is 10.2 Å². The number of non-ortho nitro benzene ring substituents is 1. The zero-order chi connectivity index (χ0) is 20.8. The molecule has 0 fully saturated rings. The van der Waals surface area contributed by atoms with Gasteiger partial charge in [-0.2, -0.15) is 4.99 Å². The van der Waals surface area contributed by atoms with Gasteiger partial charge in [-0.05, 0) is 37.3 Å². The first kappa shape index (κ1) is 20.8. The zero-order valence-electron chi connectivity index (χ0n) is 15.8. The molecule has 1 heterocycles. The molecule has 8 heteroatoms. The number of carbonyl (C=O) groups is 1. The van der Waals surface area contributed by atoms with E-state index in [4.69, 9.17) is 6.42 Å². The van der Waals surface area contributed by atoms with Crippen LogP contribution in [0.3, 0.4) is 0 Å². The maximum Gasteiger partial charge on any atom is 0.271 e. The molecule has 29 heavy (non-hydrogen) atoms. The Balaban J connectivity index is 1.71. The van der Waals surface area contributed by atoms with Crippen LogP contribution in [-0.4, -0.2) is 21.2 Å². The van der Waals surface area contributed by atoms with Gasteiger partial charge < -0.3 is 4.57 Å². The minimum absolute atomic E-state index is 0.0212. The summed E-state index contributed by atoms with van der Waals surface area (Å²) in [6.07, 6.45) is 6.49. The second-order valence-electron chi connectivity index (χ2n) is 6.35. The number of aryl methyl sites for hydroxylation is 1. The maximum atomic E-state index is 12.3. The topological polar surface area (TPSA) is 77.5 Å². The number of aromatic nitrogens is 1. The van der Waals surface area contributed by atoms with E-state index >= 15 is 0 Å². The molecule has 0 unspecified atom stereocenters. The van der Waals surface area contributed by atoms with Gasteiger partial charge in [0.2, 0.25) is 5.91 Å². The number of terminal acetylenes is 1. The molecular weight excluding hydrogens is 406 g/mol. The molecule has 0 aliphatic carbocycles. The molecule has 0 atom stereocenters. The minimum Gasteiger partial charge on any atom is -0.304 e. The van der Waals surface area contributed by atoms with E-state index in [1.165, 1.54) is 33.9 Å².